The quantitative estimate of drug-likeness (QED) is 0.552. The van der Waals surface area contributed by atoms with Crippen molar-refractivity contribution in [1.82, 2.24) is 0 Å². The molecule has 1 atom stereocenters. The van der Waals surface area contributed by atoms with Crippen LogP contribution in [0.15, 0.2) is 0 Å². The van der Waals surface area contributed by atoms with Crippen LogP contribution in [0.2, 0.25) is 0 Å². The van der Waals surface area contributed by atoms with Crippen LogP contribution in [0.5, 0.6) is 0 Å². The van der Waals surface area contributed by atoms with Gasteiger partial charge < -0.3 is 10.2 Å². The van der Waals surface area contributed by atoms with Gasteiger partial charge in [-0.3, -0.25) is 4.79 Å². The Morgan fingerprint density at radius 2 is 1.60 bits per heavy atom. The molecule has 2 N–H and O–H groups in total. The Bertz CT molecular complexity index is 157. The Labute approximate surface area is 92.5 Å². The van der Waals surface area contributed by atoms with E-state index in [4.69, 9.17) is 5.11 Å². The maximum Gasteiger partial charge on any atom is 0.305 e. The Morgan fingerprint density at radius 3 is 2.13 bits per heavy atom. The highest BCUT2D eigenvalue weighted by atomic mass is 16.4. The van der Waals surface area contributed by atoms with Gasteiger partial charge in [0.15, 0.2) is 0 Å². The second-order valence-electron chi connectivity index (χ2n) is 4.16. The summed E-state index contributed by atoms with van der Waals surface area (Å²) < 4.78 is 0. The highest BCUT2D eigenvalue weighted by molar-refractivity contribution is 5.67. The number of hydrogen-bond acceptors (Lipinski definition) is 2. The van der Waals surface area contributed by atoms with Crippen LogP contribution in [-0.2, 0) is 4.79 Å². The number of aliphatic carboxylic acids is 1. The predicted molar refractivity (Wildman–Crippen MR) is 60.9 cm³/mol. The van der Waals surface area contributed by atoms with E-state index in [0.717, 1.165) is 12.8 Å². The summed E-state index contributed by atoms with van der Waals surface area (Å²) >= 11 is 0. The van der Waals surface area contributed by atoms with Crippen molar-refractivity contribution in [2.45, 2.75) is 70.8 Å². The minimum atomic E-state index is -0.912. The molecule has 0 saturated heterocycles. The van der Waals surface area contributed by atoms with Gasteiger partial charge in [0, 0.05) is 0 Å². The van der Waals surface area contributed by atoms with Gasteiger partial charge in [-0.15, -0.1) is 0 Å². The third-order valence-electron chi connectivity index (χ3n) is 2.55. The molecule has 0 aromatic heterocycles. The second kappa shape index (κ2) is 9.97. The maximum absolute atomic E-state index is 10.3. The number of hydrogen-bond donors (Lipinski definition) is 2. The number of aliphatic hydroxyl groups excluding tert-OH is 1. The fourth-order valence-electron chi connectivity index (χ4n) is 1.64. The van der Waals surface area contributed by atoms with Gasteiger partial charge in [-0.05, 0) is 6.42 Å². The van der Waals surface area contributed by atoms with Crippen molar-refractivity contribution in [3.63, 3.8) is 0 Å². The summed E-state index contributed by atoms with van der Waals surface area (Å²) in [7, 11) is 0. The molecule has 0 fully saturated rings. The summed E-state index contributed by atoms with van der Waals surface area (Å²) in [4.78, 5) is 10.3. The van der Waals surface area contributed by atoms with Crippen LogP contribution in [0.1, 0.15) is 64.7 Å². The van der Waals surface area contributed by atoms with Crippen LogP contribution >= 0.6 is 0 Å². The third kappa shape index (κ3) is 11.4. The fraction of sp³-hybridized carbons (Fsp3) is 0.917. The Kier molecular flexibility index (Phi) is 9.59. The largest absolute Gasteiger partial charge is 0.481 e. The molecule has 0 heterocycles. The summed E-state index contributed by atoms with van der Waals surface area (Å²) in [6.45, 7) is 2.20. The van der Waals surface area contributed by atoms with Crippen molar-refractivity contribution >= 4 is 5.97 Å². The van der Waals surface area contributed by atoms with Gasteiger partial charge in [0.1, 0.15) is 0 Å². The summed E-state index contributed by atoms with van der Waals surface area (Å²) in [5, 5.41) is 17.7. The minimum absolute atomic E-state index is 0.115. The number of carboxylic acids is 1. The average Bonchev–Trinajstić information content (AvgIpc) is 2.15. The molecule has 0 aromatic carbocycles. The molecule has 3 nitrogen and oxygen atoms in total. The Morgan fingerprint density at radius 1 is 1.07 bits per heavy atom. The third-order valence-corrected chi connectivity index (χ3v) is 2.55. The van der Waals surface area contributed by atoms with Crippen LogP contribution in [0, 0.1) is 0 Å². The van der Waals surface area contributed by atoms with Gasteiger partial charge in [-0.25, -0.2) is 0 Å². The average molecular weight is 216 g/mol. The minimum Gasteiger partial charge on any atom is -0.481 e. The molecule has 90 valence electrons. The highest BCUT2D eigenvalue weighted by Crippen LogP contribution is 2.10. The lowest BCUT2D eigenvalue weighted by Gasteiger charge is -2.06. The van der Waals surface area contributed by atoms with E-state index in [0.29, 0.717) is 6.42 Å². The number of carbonyl (C=O) groups is 1. The van der Waals surface area contributed by atoms with Crippen molar-refractivity contribution in [1.29, 1.82) is 0 Å². The smallest absolute Gasteiger partial charge is 0.305 e. The molecular weight excluding hydrogens is 192 g/mol. The van der Waals surface area contributed by atoms with E-state index < -0.39 is 12.1 Å². The van der Waals surface area contributed by atoms with E-state index in [1.54, 1.807) is 0 Å². The molecular formula is C12H24O3. The van der Waals surface area contributed by atoms with E-state index in [2.05, 4.69) is 6.92 Å². The van der Waals surface area contributed by atoms with Gasteiger partial charge >= 0.3 is 5.97 Å². The van der Waals surface area contributed by atoms with Crippen LogP contribution in [0.25, 0.3) is 0 Å². The first kappa shape index (κ1) is 14.4. The molecule has 0 rings (SSSR count). The lowest BCUT2D eigenvalue weighted by molar-refractivity contribution is -0.139. The lowest BCUT2D eigenvalue weighted by atomic mass is 10.1. The van der Waals surface area contributed by atoms with E-state index in [1.165, 1.54) is 32.1 Å². The molecule has 0 saturated carbocycles. The molecule has 1 unspecified atom stereocenters. The Balaban J connectivity index is 3.13. The highest BCUT2D eigenvalue weighted by Gasteiger charge is 2.08. The first-order valence-corrected chi connectivity index (χ1v) is 6.06. The standard InChI is InChI=1S/C12H24O3/c1-2-3-4-5-6-7-8-9-11(13)10-12(14)15/h11,13H,2-10H2,1H3,(H,14,15). The molecule has 15 heavy (non-hydrogen) atoms. The molecule has 0 aromatic rings. The predicted octanol–water partition coefficient (Wildman–Crippen LogP) is 2.96. The molecule has 0 amide bonds. The zero-order chi connectivity index (χ0) is 11.5. The topological polar surface area (TPSA) is 57.5 Å². The monoisotopic (exact) mass is 216 g/mol. The molecule has 3 heteroatoms. The summed E-state index contributed by atoms with van der Waals surface area (Å²) in [6, 6.07) is 0. The number of aliphatic hydroxyl groups is 1. The normalized spacial score (nSPS) is 12.7. The summed E-state index contributed by atoms with van der Waals surface area (Å²) in [6.07, 6.45) is 8.25. The van der Waals surface area contributed by atoms with Crippen LogP contribution < -0.4 is 0 Å². The first-order chi connectivity index (χ1) is 7.16. The number of rotatable bonds is 10. The van der Waals surface area contributed by atoms with Gasteiger partial charge in [-0.2, -0.15) is 0 Å². The number of unbranched alkanes of at least 4 members (excludes halogenated alkanes) is 6. The van der Waals surface area contributed by atoms with Crippen molar-refractivity contribution < 1.29 is 15.0 Å². The summed E-state index contributed by atoms with van der Waals surface area (Å²) in [5.74, 6) is -0.912. The first-order valence-electron chi connectivity index (χ1n) is 6.06. The zero-order valence-electron chi connectivity index (χ0n) is 9.74. The van der Waals surface area contributed by atoms with Crippen LogP contribution in [0.4, 0.5) is 0 Å². The zero-order valence-corrected chi connectivity index (χ0v) is 9.74. The SMILES string of the molecule is CCCCCCCCCC(O)CC(=O)O. The molecule has 0 bridgehead atoms. The molecule has 0 radical (unpaired) electrons. The molecule has 0 aliphatic rings. The van der Waals surface area contributed by atoms with Gasteiger partial charge in [-0.1, -0.05) is 51.9 Å². The van der Waals surface area contributed by atoms with Gasteiger partial charge in [0.05, 0.1) is 12.5 Å². The van der Waals surface area contributed by atoms with Crippen molar-refractivity contribution in [3.05, 3.63) is 0 Å². The van der Waals surface area contributed by atoms with Gasteiger partial charge in [0.2, 0.25) is 0 Å². The lowest BCUT2D eigenvalue weighted by Crippen LogP contribution is -2.12. The fourth-order valence-corrected chi connectivity index (χ4v) is 1.64. The molecule has 0 aliphatic heterocycles. The number of carboxylic acid groups (broad SMARTS) is 1. The second-order valence-corrected chi connectivity index (χ2v) is 4.16. The van der Waals surface area contributed by atoms with Crippen molar-refractivity contribution in [2.75, 3.05) is 0 Å². The van der Waals surface area contributed by atoms with Crippen molar-refractivity contribution in [3.8, 4) is 0 Å². The van der Waals surface area contributed by atoms with E-state index >= 15 is 0 Å². The summed E-state index contributed by atoms with van der Waals surface area (Å²) in [5.41, 5.74) is 0. The van der Waals surface area contributed by atoms with Crippen LogP contribution in [0.3, 0.4) is 0 Å². The van der Waals surface area contributed by atoms with Gasteiger partial charge in [0.25, 0.3) is 0 Å². The maximum atomic E-state index is 10.3. The molecule has 0 aliphatic carbocycles. The van der Waals surface area contributed by atoms with E-state index in [9.17, 15) is 9.90 Å². The van der Waals surface area contributed by atoms with Crippen LogP contribution in [-0.4, -0.2) is 22.3 Å². The molecule has 0 spiro atoms. The van der Waals surface area contributed by atoms with Crippen molar-refractivity contribution in [2.24, 2.45) is 0 Å². The van der Waals surface area contributed by atoms with E-state index in [1.807, 2.05) is 0 Å². The van der Waals surface area contributed by atoms with E-state index in [-0.39, 0.29) is 6.42 Å². The Hall–Kier alpha value is -0.570.